The number of para-hydroxylation sites is 1. The van der Waals surface area contributed by atoms with Gasteiger partial charge in [0.2, 0.25) is 5.91 Å². The first-order valence-corrected chi connectivity index (χ1v) is 10.3. The third-order valence-electron chi connectivity index (χ3n) is 4.83. The van der Waals surface area contributed by atoms with Gasteiger partial charge >= 0.3 is 0 Å². The second-order valence-electron chi connectivity index (χ2n) is 7.20. The molecular weight excluding hydrogens is 400 g/mol. The number of benzene rings is 2. The van der Waals surface area contributed by atoms with Crippen molar-refractivity contribution in [2.24, 2.45) is 0 Å². The Morgan fingerprint density at radius 1 is 1.10 bits per heavy atom. The lowest BCUT2D eigenvalue weighted by Gasteiger charge is -2.17. The minimum atomic E-state index is -0.0284. The van der Waals surface area contributed by atoms with E-state index < -0.39 is 0 Å². The van der Waals surface area contributed by atoms with Crippen LogP contribution >= 0.6 is 11.6 Å². The predicted molar refractivity (Wildman–Crippen MR) is 121 cm³/mol. The molecule has 1 heterocycles. The number of anilines is 1. The van der Waals surface area contributed by atoms with E-state index in [-0.39, 0.29) is 5.91 Å². The summed E-state index contributed by atoms with van der Waals surface area (Å²) in [5.74, 6) is 0.756. The Hall–Kier alpha value is -2.83. The lowest BCUT2D eigenvalue weighted by Crippen LogP contribution is -2.28. The molecule has 0 aliphatic rings. The number of ether oxygens (including phenoxy) is 1. The highest BCUT2D eigenvalue weighted by Crippen LogP contribution is 2.23. The van der Waals surface area contributed by atoms with Gasteiger partial charge in [-0.05, 0) is 57.3 Å². The molecule has 1 N–H and O–H groups in total. The fourth-order valence-electron chi connectivity index (χ4n) is 3.10. The van der Waals surface area contributed by atoms with Gasteiger partial charge in [0.05, 0.1) is 22.8 Å². The summed E-state index contributed by atoms with van der Waals surface area (Å²) in [4.78, 5) is 14.5. The van der Waals surface area contributed by atoms with Gasteiger partial charge < -0.3 is 15.0 Å². The van der Waals surface area contributed by atoms with Gasteiger partial charge in [-0.3, -0.25) is 4.79 Å². The largest absolute Gasteiger partial charge is 0.492 e. The van der Waals surface area contributed by atoms with E-state index in [1.807, 2.05) is 68.0 Å². The predicted octanol–water partition coefficient (Wildman–Crippen LogP) is 4.48. The van der Waals surface area contributed by atoms with Crippen LogP contribution in [-0.2, 0) is 4.79 Å². The molecule has 0 bridgehead atoms. The van der Waals surface area contributed by atoms with E-state index in [0.717, 1.165) is 35.1 Å². The molecule has 158 valence electrons. The second-order valence-corrected chi connectivity index (χ2v) is 7.63. The van der Waals surface area contributed by atoms with Crippen LogP contribution in [0.5, 0.6) is 5.75 Å². The van der Waals surface area contributed by atoms with Crippen molar-refractivity contribution >= 4 is 23.2 Å². The molecule has 3 aromatic rings. The molecule has 7 heteroatoms. The van der Waals surface area contributed by atoms with Crippen LogP contribution in [0, 0.1) is 13.8 Å². The molecular formula is C23H27ClN4O2. The maximum Gasteiger partial charge on any atom is 0.225 e. The summed E-state index contributed by atoms with van der Waals surface area (Å²) in [6.07, 6.45) is 0.396. The Kier molecular flexibility index (Phi) is 7.49. The maximum absolute atomic E-state index is 12.5. The van der Waals surface area contributed by atoms with Crippen LogP contribution in [0.3, 0.4) is 0 Å². The van der Waals surface area contributed by atoms with Crippen LogP contribution in [0.2, 0.25) is 5.02 Å². The van der Waals surface area contributed by atoms with Crippen molar-refractivity contribution in [2.75, 3.05) is 32.1 Å². The number of aromatic nitrogens is 2. The highest BCUT2D eigenvalue weighted by Gasteiger charge is 2.15. The van der Waals surface area contributed by atoms with Crippen LogP contribution in [0.15, 0.2) is 54.6 Å². The van der Waals surface area contributed by atoms with E-state index in [9.17, 15) is 4.79 Å². The Bertz CT molecular complexity index is 971. The van der Waals surface area contributed by atoms with E-state index >= 15 is 0 Å². The normalized spacial score (nSPS) is 11.0. The Morgan fingerprint density at radius 3 is 2.50 bits per heavy atom. The number of nitrogens with one attached hydrogen (secondary N) is 1. The minimum Gasteiger partial charge on any atom is -0.492 e. The topological polar surface area (TPSA) is 59.4 Å². The fourth-order valence-corrected chi connectivity index (χ4v) is 3.23. The third kappa shape index (κ3) is 5.84. The smallest absolute Gasteiger partial charge is 0.225 e. The SMILES string of the molecule is Cc1nn(-c2ccccc2)c(C)c1NC(=O)CCN(C)CCOc1ccc(Cl)cc1. The number of amides is 1. The first kappa shape index (κ1) is 21.9. The maximum atomic E-state index is 12.5. The summed E-state index contributed by atoms with van der Waals surface area (Å²) >= 11 is 5.87. The molecule has 0 saturated carbocycles. The lowest BCUT2D eigenvalue weighted by atomic mass is 10.2. The zero-order chi connectivity index (χ0) is 21.5. The molecule has 0 saturated heterocycles. The molecule has 2 aromatic carbocycles. The Balaban J connectivity index is 1.46. The van der Waals surface area contributed by atoms with Crippen molar-refractivity contribution in [3.8, 4) is 11.4 Å². The van der Waals surface area contributed by atoms with Gasteiger partial charge in [0.15, 0.2) is 0 Å². The average Bonchev–Trinajstić information content (AvgIpc) is 3.02. The van der Waals surface area contributed by atoms with E-state index in [1.165, 1.54) is 0 Å². The van der Waals surface area contributed by atoms with Gasteiger partial charge in [0.25, 0.3) is 0 Å². The van der Waals surface area contributed by atoms with Crippen molar-refractivity contribution in [1.29, 1.82) is 0 Å². The number of carbonyl (C=O) groups is 1. The van der Waals surface area contributed by atoms with Gasteiger partial charge in [0.1, 0.15) is 12.4 Å². The number of likely N-dealkylation sites (N-methyl/N-ethyl adjacent to an activating group) is 1. The van der Waals surface area contributed by atoms with Crippen LogP contribution in [-0.4, -0.2) is 47.3 Å². The number of aryl methyl sites for hydroxylation is 1. The molecule has 3 rings (SSSR count). The molecule has 0 atom stereocenters. The fraction of sp³-hybridized carbons (Fsp3) is 0.304. The number of hydrogen-bond acceptors (Lipinski definition) is 4. The number of carbonyl (C=O) groups excluding carboxylic acids is 1. The third-order valence-corrected chi connectivity index (χ3v) is 5.08. The van der Waals surface area contributed by atoms with E-state index in [0.29, 0.717) is 24.6 Å². The summed E-state index contributed by atoms with van der Waals surface area (Å²) in [5, 5.41) is 8.27. The number of halogens is 1. The standard InChI is InChI=1S/C23H27ClN4O2/c1-17-23(18(2)28(26-17)20-7-5-4-6-8-20)25-22(29)13-14-27(3)15-16-30-21-11-9-19(24)10-12-21/h4-12H,13-16H2,1-3H3,(H,25,29). The molecule has 1 amide bonds. The lowest BCUT2D eigenvalue weighted by molar-refractivity contribution is -0.116. The Labute approximate surface area is 182 Å². The monoisotopic (exact) mass is 426 g/mol. The van der Waals surface area contributed by atoms with Gasteiger partial charge in [-0.1, -0.05) is 29.8 Å². The first-order valence-electron chi connectivity index (χ1n) is 9.92. The molecule has 0 radical (unpaired) electrons. The van der Waals surface area contributed by atoms with Gasteiger partial charge in [-0.25, -0.2) is 4.68 Å². The number of rotatable bonds is 9. The molecule has 0 aliphatic carbocycles. The summed E-state index contributed by atoms with van der Waals surface area (Å²) in [7, 11) is 1.97. The highest BCUT2D eigenvalue weighted by molar-refractivity contribution is 6.30. The molecule has 30 heavy (non-hydrogen) atoms. The molecule has 0 unspecified atom stereocenters. The summed E-state index contributed by atoms with van der Waals surface area (Å²) in [6.45, 7) is 5.77. The van der Waals surface area contributed by atoms with Crippen molar-refractivity contribution in [1.82, 2.24) is 14.7 Å². The van der Waals surface area contributed by atoms with E-state index in [4.69, 9.17) is 16.3 Å². The van der Waals surface area contributed by atoms with Gasteiger partial charge in [-0.2, -0.15) is 5.10 Å². The highest BCUT2D eigenvalue weighted by atomic mass is 35.5. The zero-order valence-corrected chi connectivity index (χ0v) is 18.3. The van der Waals surface area contributed by atoms with E-state index in [2.05, 4.69) is 15.3 Å². The zero-order valence-electron chi connectivity index (χ0n) is 17.6. The molecule has 6 nitrogen and oxygen atoms in total. The molecule has 0 aliphatic heterocycles. The summed E-state index contributed by atoms with van der Waals surface area (Å²) < 4.78 is 7.55. The molecule has 0 fully saturated rings. The van der Waals surface area contributed by atoms with Gasteiger partial charge in [-0.15, -0.1) is 0 Å². The number of nitrogens with zero attached hydrogens (tertiary/aromatic N) is 3. The Morgan fingerprint density at radius 2 is 1.80 bits per heavy atom. The molecule has 1 aromatic heterocycles. The van der Waals surface area contributed by atoms with Crippen molar-refractivity contribution < 1.29 is 9.53 Å². The molecule has 0 spiro atoms. The van der Waals surface area contributed by atoms with Crippen molar-refractivity contribution in [3.05, 3.63) is 71.0 Å². The second kappa shape index (κ2) is 10.3. The summed E-state index contributed by atoms with van der Waals surface area (Å²) in [5.41, 5.74) is 3.46. The first-order chi connectivity index (χ1) is 14.4. The van der Waals surface area contributed by atoms with Crippen LogP contribution in [0.1, 0.15) is 17.8 Å². The van der Waals surface area contributed by atoms with Crippen molar-refractivity contribution in [2.45, 2.75) is 20.3 Å². The van der Waals surface area contributed by atoms with Gasteiger partial charge in [0, 0.05) is 24.5 Å². The minimum absolute atomic E-state index is 0.0284. The van der Waals surface area contributed by atoms with Crippen molar-refractivity contribution in [3.63, 3.8) is 0 Å². The van der Waals surface area contributed by atoms with Crippen LogP contribution < -0.4 is 10.1 Å². The van der Waals surface area contributed by atoms with E-state index in [1.54, 1.807) is 12.1 Å². The number of hydrogen-bond donors (Lipinski definition) is 1. The average molecular weight is 427 g/mol. The van der Waals surface area contributed by atoms with Crippen LogP contribution in [0.4, 0.5) is 5.69 Å². The van der Waals surface area contributed by atoms with Crippen LogP contribution in [0.25, 0.3) is 5.69 Å². The summed E-state index contributed by atoms with van der Waals surface area (Å²) in [6, 6.07) is 17.2. The quantitative estimate of drug-likeness (QED) is 0.548.